The first-order chi connectivity index (χ1) is 13.0. The Morgan fingerprint density at radius 2 is 2.15 bits per heavy atom. The molecule has 0 aromatic carbocycles. The molecule has 9 nitrogen and oxygen atoms in total. The summed E-state index contributed by atoms with van der Waals surface area (Å²) in [6.07, 6.45) is 3.83. The van der Waals surface area contributed by atoms with Crippen molar-refractivity contribution in [3.8, 4) is 0 Å². The highest BCUT2D eigenvalue weighted by atomic mass is 32.2. The molecule has 2 aliphatic heterocycles. The molecule has 0 bridgehead atoms. The number of nitrogens with zero attached hydrogens (tertiary/aromatic N) is 5. The zero-order valence-electron chi connectivity index (χ0n) is 16.2. The van der Waals surface area contributed by atoms with E-state index in [4.69, 9.17) is 9.73 Å². The van der Waals surface area contributed by atoms with Crippen LogP contribution >= 0.6 is 0 Å². The number of morpholine rings is 1. The van der Waals surface area contributed by atoms with Gasteiger partial charge in [0.15, 0.2) is 15.8 Å². The molecule has 1 unspecified atom stereocenters. The number of guanidine groups is 1. The van der Waals surface area contributed by atoms with Gasteiger partial charge in [0.05, 0.1) is 37.4 Å². The third kappa shape index (κ3) is 5.66. The summed E-state index contributed by atoms with van der Waals surface area (Å²) in [5.74, 6) is 1.40. The first kappa shape index (κ1) is 20.1. The van der Waals surface area contributed by atoms with E-state index in [-0.39, 0.29) is 17.6 Å². The smallest absolute Gasteiger partial charge is 0.194 e. The molecule has 0 saturated carbocycles. The number of aryl methyl sites for hydroxylation is 1. The molecule has 1 N–H and O–H groups in total. The summed E-state index contributed by atoms with van der Waals surface area (Å²) in [5, 5.41) is 7.60. The maximum absolute atomic E-state index is 11.5. The molecule has 27 heavy (non-hydrogen) atoms. The lowest BCUT2D eigenvalue weighted by molar-refractivity contribution is -0.00805. The van der Waals surface area contributed by atoms with Crippen molar-refractivity contribution in [1.29, 1.82) is 0 Å². The Morgan fingerprint density at radius 3 is 2.81 bits per heavy atom. The van der Waals surface area contributed by atoms with Crippen LogP contribution in [0.3, 0.4) is 0 Å². The fraction of sp³-hybridized carbons (Fsp3) is 0.765. The predicted molar refractivity (Wildman–Crippen MR) is 105 cm³/mol. The highest BCUT2D eigenvalue weighted by Gasteiger charge is 2.25. The van der Waals surface area contributed by atoms with Crippen molar-refractivity contribution in [2.75, 3.05) is 63.9 Å². The van der Waals surface area contributed by atoms with Crippen LogP contribution in [0, 0.1) is 0 Å². The van der Waals surface area contributed by atoms with Crippen LogP contribution in [0.5, 0.6) is 0 Å². The van der Waals surface area contributed by atoms with Crippen LogP contribution in [0.4, 0.5) is 0 Å². The molecule has 10 heteroatoms. The number of ether oxygens (including phenoxy) is 1. The largest absolute Gasteiger partial charge is 0.370 e. The van der Waals surface area contributed by atoms with Gasteiger partial charge in [-0.15, -0.1) is 0 Å². The van der Waals surface area contributed by atoms with Crippen LogP contribution in [0.25, 0.3) is 0 Å². The third-order valence-electron chi connectivity index (χ3n) is 4.91. The Kier molecular flexibility index (Phi) is 6.72. The highest BCUT2D eigenvalue weighted by molar-refractivity contribution is 7.91. The molecule has 1 atom stereocenters. The van der Waals surface area contributed by atoms with E-state index in [2.05, 4.69) is 27.1 Å². The second-order valence-electron chi connectivity index (χ2n) is 6.98. The molecular formula is C17H30N6O3S. The van der Waals surface area contributed by atoms with Gasteiger partial charge in [0.25, 0.3) is 0 Å². The average molecular weight is 399 g/mol. The van der Waals surface area contributed by atoms with E-state index in [1.165, 1.54) is 0 Å². The second-order valence-corrected chi connectivity index (χ2v) is 9.29. The van der Waals surface area contributed by atoms with Gasteiger partial charge in [0.2, 0.25) is 0 Å². The lowest BCUT2D eigenvalue weighted by Crippen LogP contribution is -2.48. The topological polar surface area (TPSA) is 92.1 Å². The number of hydrogen-bond donors (Lipinski definition) is 1. The van der Waals surface area contributed by atoms with Gasteiger partial charge in [-0.3, -0.25) is 14.6 Å². The van der Waals surface area contributed by atoms with E-state index in [0.717, 1.165) is 37.7 Å². The van der Waals surface area contributed by atoms with Crippen LogP contribution in [0.15, 0.2) is 17.4 Å². The summed E-state index contributed by atoms with van der Waals surface area (Å²) in [4.78, 5) is 9.16. The minimum Gasteiger partial charge on any atom is -0.370 e. The van der Waals surface area contributed by atoms with Gasteiger partial charge in [0, 0.05) is 51.5 Å². The minimum absolute atomic E-state index is 0.0105. The van der Waals surface area contributed by atoms with Gasteiger partial charge in [0.1, 0.15) is 6.10 Å². The second kappa shape index (κ2) is 9.03. The first-order valence-electron chi connectivity index (χ1n) is 9.53. The van der Waals surface area contributed by atoms with Gasteiger partial charge in [-0.25, -0.2) is 8.42 Å². The minimum atomic E-state index is -2.83. The fourth-order valence-corrected chi connectivity index (χ4v) is 4.62. The molecule has 0 radical (unpaired) electrons. The SMILES string of the molecule is CCNC(=NCCN1CCS(=O)(=O)CC1)N1CCOC(c2cnn(C)c2)C1. The van der Waals surface area contributed by atoms with Crippen molar-refractivity contribution >= 4 is 15.8 Å². The zero-order valence-corrected chi connectivity index (χ0v) is 17.0. The number of aliphatic imine (C=N–C) groups is 1. The van der Waals surface area contributed by atoms with Crippen molar-refractivity contribution in [3.63, 3.8) is 0 Å². The maximum Gasteiger partial charge on any atom is 0.194 e. The molecule has 0 aliphatic carbocycles. The molecule has 2 saturated heterocycles. The summed E-state index contributed by atoms with van der Waals surface area (Å²) in [6.45, 7) is 7.68. The van der Waals surface area contributed by atoms with Crippen molar-refractivity contribution in [2.45, 2.75) is 13.0 Å². The number of hydrogen-bond acceptors (Lipinski definition) is 6. The van der Waals surface area contributed by atoms with Crippen LogP contribution in [-0.4, -0.2) is 97.9 Å². The Hall–Kier alpha value is -1.65. The molecule has 0 spiro atoms. The molecule has 3 heterocycles. The standard InChI is InChI=1S/C17H30N6O3S/c1-3-18-17(19-4-5-22-7-10-27(24,25)11-8-22)23-6-9-26-16(14-23)15-12-20-21(2)13-15/h12-13,16H,3-11,14H2,1-2H3,(H,18,19). The summed E-state index contributed by atoms with van der Waals surface area (Å²) in [7, 11) is -0.928. The molecule has 152 valence electrons. The van der Waals surface area contributed by atoms with Crippen molar-refractivity contribution in [1.82, 2.24) is 24.9 Å². The Morgan fingerprint density at radius 1 is 1.37 bits per heavy atom. The quantitative estimate of drug-likeness (QED) is 0.527. The van der Waals surface area contributed by atoms with Crippen LogP contribution < -0.4 is 5.32 Å². The Balaban J connectivity index is 1.56. The number of aromatic nitrogens is 2. The van der Waals surface area contributed by atoms with E-state index in [9.17, 15) is 8.42 Å². The number of rotatable bonds is 5. The van der Waals surface area contributed by atoms with E-state index in [1.54, 1.807) is 4.68 Å². The van der Waals surface area contributed by atoms with Crippen molar-refractivity contribution in [3.05, 3.63) is 18.0 Å². The fourth-order valence-electron chi connectivity index (χ4n) is 3.35. The van der Waals surface area contributed by atoms with Crippen molar-refractivity contribution < 1.29 is 13.2 Å². The zero-order chi connectivity index (χ0) is 19.3. The molecule has 2 aliphatic rings. The van der Waals surface area contributed by atoms with Gasteiger partial charge >= 0.3 is 0 Å². The van der Waals surface area contributed by atoms with E-state index in [0.29, 0.717) is 26.2 Å². The Labute approximate surface area is 161 Å². The van der Waals surface area contributed by atoms with E-state index in [1.807, 2.05) is 19.4 Å². The highest BCUT2D eigenvalue weighted by Crippen LogP contribution is 2.21. The lowest BCUT2D eigenvalue weighted by atomic mass is 10.1. The van der Waals surface area contributed by atoms with Gasteiger partial charge in [-0.1, -0.05) is 0 Å². The van der Waals surface area contributed by atoms with Crippen LogP contribution in [0.1, 0.15) is 18.6 Å². The normalized spacial score (nSPS) is 24.1. The molecule has 3 rings (SSSR count). The van der Waals surface area contributed by atoms with E-state index < -0.39 is 9.84 Å². The molecular weight excluding hydrogens is 368 g/mol. The van der Waals surface area contributed by atoms with Crippen LogP contribution in [-0.2, 0) is 21.6 Å². The monoisotopic (exact) mass is 398 g/mol. The summed E-state index contributed by atoms with van der Waals surface area (Å²) < 4.78 is 30.8. The summed E-state index contributed by atoms with van der Waals surface area (Å²) in [6, 6.07) is 0. The van der Waals surface area contributed by atoms with Crippen LogP contribution in [0.2, 0.25) is 0 Å². The number of sulfone groups is 1. The third-order valence-corrected chi connectivity index (χ3v) is 6.52. The van der Waals surface area contributed by atoms with Gasteiger partial charge in [-0.2, -0.15) is 5.10 Å². The molecule has 0 amide bonds. The summed E-state index contributed by atoms with van der Waals surface area (Å²) >= 11 is 0. The first-order valence-corrected chi connectivity index (χ1v) is 11.3. The summed E-state index contributed by atoms with van der Waals surface area (Å²) in [5.41, 5.74) is 1.08. The lowest BCUT2D eigenvalue weighted by Gasteiger charge is -2.35. The maximum atomic E-state index is 11.5. The molecule has 1 aromatic heterocycles. The van der Waals surface area contributed by atoms with Crippen molar-refractivity contribution in [2.24, 2.45) is 12.0 Å². The van der Waals surface area contributed by atoms with Gasteiger partial charge < -0.3 is 15.0 Å². The predicted octanol–water partition coefficient (Wildman–Crippen LogP) is -0.511. The van der Waals surface area contributed by atoms with E-state index >= 15 is 0 Å². The molecule has 1 aromatic rings. The Bertz CT molecular complexity index is 734. The molecule has 2 fully saturated rings. The number of nitrogens with one attached hydrogen (secondary N) is 1. The average Bonchev–Trinajstić information content (AvgIpc) is 3.09. The van der Waals surface area contributed by atoms with Gasteiger partial charge in [-0.05, 0) is 6.92 Å².